The lowest BCUT2D eigenvalue weighted by Crippen LogP contribution is -2.18. The first-order valence-corrected chi connectivity index (χ1v) is 7.49. The second kappa shape index (κ2) is 5.71. The third-order valence-electron chi connectivity index (χ3n) is 2.38. The second-order valence-corrected chi connectivity index (χ2v) is 6.30. The number of aryl methyl sites for hydroxylation is 1. The lowest BCUT2D eigenvalue weighted by Gasteiger charge is -2.03. The van der Waals surface area contributed by atoms with Crippen molar-refractivity contribution < 1.29 is 0 Å². The van der Waals surface area contributed by atoms with Gasteiger partial charge in [-0.15, -0.1) is 10.2 Å². The molecular weight excluding hydrogens is 250 g/mol. The summed E-state index contributed by atoms with van der Waals surface area (Å²) in [7, 11) is 0. The molecule has 0 aromatic carbocycles. The summed E-state index contributed by atoms with van der Waals surface area (Å²) in [5, 5.41) is 18.2. The molecule has 0 amide bonds. The molecule has 92 valence electrons. The van der Waals surface area contributed by atoms with E-state index in [4.69, 9.17) is 0 Å². The highest BCUT2D eigenvalue weighted by molar-refractivity contribution is 7.15. The quantitative estimate of drug-likeness (QED) is 0.903. The summed E-state index contributed by atoms with van der Waals surface area (Å²) >= 11 is 3.39. The van der Waals surface area contributed by atoms with Crippen LogP contribution in [0.2, 0.25) is 0 Å². The van der Waals surface area contributed by atoms with E-state index in [0.717, 1.165) is 23.1 Å². The van der Waals surface area contributed by atoms with Gasteiger partial charge < -0.3 is 5.32 Å². The van der Waals surface area contributed by atoms with Crippen LogP contribution >= 0.6 is 22.7 Å². The van der Waals surface area contributed by atoms with Crippen molar-refractivity contribution in [1.29, 1.82) is 0 Å². The highest BCUT2D eigenvalue weighted by Gasteiger charge is 2.09. The summed E-state index contributed by atoms with van der Waals surface area (Å²) in [6.45, 7) is 8.36. The fraction of sp³-hybridized carbons (Fsp3) is 0.500. The predicted octanol–water partition coefficient (Wildman–Crippen LogP) is 3.32. The van der Waals surface area contributed by atoms with Crippen molar-refractivity contribution in [3.8, 4) is 10.6 Å². The fourth-order valence-corrected chi connectivity index (χ4v) is 3.28. The van der Waals surface area contributed by atoms with E-state index in [2.05, 4.69) is 47.0 Å². The fourth-order valence-electron chi connectivity index (χ4n) is 1.48. The average Bonchev–Trinajstić information content (AvgIpc) is 2.86. The molecule has 0 aliphatic carbocycles. The third-order valence-corrected chi connectivity index (χ3v) is 4.20. The zero-order chi connectivity index (χ0) is 12.3. The number of nitrogens with one attached hydrogen (secondary N) is 1. The molecule has 2 aromatic heterocycles. The number of hydrogen-bond acceptors (Lipinski definition) is 5. The summed E-state index contributed by atoms with van der Waals surface area (Å²) in [4.78, 5) is 0. The highest BCUT2D eigenvalue weighted by Crippen LogP contribution is 2.29. The Morgan fingerprint density at radius 1 is 1.29 bits per heavy atom. The second-order valence-electron chi connectivity index (χ2n) is 4.49. The largest absolute Gasteiger partial charge is 0.310 e. The van der Waals surface area contributed by atoms with Crippen LogP contribution in [-0.4, -0.2) is 16.7 Å². The SMILES string of the molecule is Cc1cscc1-c1nnc(CNCC(C)C)s1. The summed E-state index contributed by atoms with van der Waals surface area (Å²) < 4.78 is 0. The van der Waals surface area contributed by atoms with Crippen molar-refractivity contribution in [2.24, 2.45) is 5.92 Å². The maximum absolute atomic E-state index is 4.25. The van der Waals surface area contributed by atoms with E-state index in [0.29, 0.717) is 5.92 Å². The zero-order valence-electron chi connectivity index (χ0n) is 10.4. The van der Waals surface area contributed by atoms with E-state index in [1.807, 2.05) is 0 Å². The van der Waals surface area contributed by atoms with Crippen LogP contribution in [0, 0.1) is 12.8 Å². The number of hydrogen-bond donors (Lipinski definition) is 1. The van der Waals surface area contributed by atoms with Gasteiger partial charge in [-0.05, 0) is 30.3 Å². The van der Waals surface area contributed by atoms with Gasteiger partial charge in [0.2, 0.25) is 0 Å². The monoisotopic (exact) mass is 267 g/mol. The molecular formula is C12H17N3S2. The van der Waals surface area contributed by atoms with Crippen molar-refractivity contribution in [1.82, 2.24) is 15.5 Å². The minimum Gasteiger partial charge on any atom is -0.310 e. The highest BCUT2D eigenvalue weighted by atomic mass is 32.1. The maximum Gasteiger partial charge on any atom is 0.148 e. The molecule has 0 fully saturated rings. The molecule has 0 saturated carbocycles. The van der Waals surface area contributed by atoms with Crippen LogP contribution in [0.1, 0.15) is 24.4 Å². The Kier molecular flexibility index (Phi) is 4.25. The molecule has 5 heteroatoms. The molecule has 0 aliphatic heterocycles. The third kappa shape index (κ3) is 3.34. The van der Waals surface area contributed by atoms with Crippen LogP contribution in [-0.2, 0) is 6.54 Å². The first-order valence-electron chi connectivity index (χ1n) is 5.73. The molecule has 0 aliphatic rings. The van der Waals surface area contributed by atoms with Crippen molar-refractivity contribution in [3.63, 3.8) is 0 Å². The lowest BCUT2D eigenvalue weighted by molar-refractivity contribution is 0.550. The Balaban J connectivity index is 1.99. The van der Waals surface area contributed by atoms with Crippen LogP contribution in [0.4, 0.5) is 0 Å². The molecule has 0 saturated heterocycles. The molecule has 2 rings (SSSR count). The molecule has 0 unspecified atom stereocenters. The standard InChI is InChI=1S/C12H17N3S2/c1-8(2)4-13-5-11-14-15-12(17-11)10-7-16-6-9(10)3/h6-8,13H,4-5H2,1-3H3. The van der Waals surface area contributed by atoms with Gasteiger partial charge in [0.25, 0.3) is 0 Å². The Labute approximate surface area is 110 Å². The predicted molar refractivity (Wildman–Crippen MR) is 74.5 cm³/mol. The molecule has 0 bridgehead atoms. The molecule has 0 radical (unpaired) electrons. The summed E-state index contributed by atoms with van der Waals surface area (Å²) in [5.41, 5.74) is 2.51. The van der Waals surface area contributed by atoms with E-state index in [9.17, 15) is 0 Å². The van der Waals surface area contributed by atoms with E-state index < -0.39 is 0 Å². The lowest BCUT2D eigenvalue weighted by atomic mass is 10.2. The minimum atomic E-state index is 0.668. The van der Waals surface area contributed by atoms with Gasteiger partial charge in [0.1, 0.15) is 10.0 Å². The molecule has 2 aromatic rings. The number of thiophene rings is 1. The zero-order valence-corrected chi connectivity index (χ0v) is 12.0. The molecule has 2 heterocycles. The first-order chi connectivity index (χ1) is 8.16. The molecule has 3 nitrogen and oxygen atoms in total. The van der Waals surface area contributed by atoms with E-state index in [1.54, 1.807) is 22.7 Å². The van der Waals surface area contributed by atoms with Crippen molar-refractivity contribution >= 4 is 22.7 Å². The summed E-state index contributed by atoms with van der Waals surface area (Å²) in [6.07, 6.45) is 0. The normalized spacial score (nSPS) is 11.3. The summed E-state index contributed by atoms with van der Waals surface area (Å²) in [6, 6.07) is 0. The van der Waals surface area contributed by atoms with Gasteiger partial charge in [-0.2, -0.15) is 11.3 Å². The van der Waals surface area contributed by atoms with E-state index in [1.165, 1.54) is 11.1 Å². The average molecular weight is 267 g/mol. The van der Waals surface area contributed by atoms with Crippen LogP contribution in [0.5, 0.6) is 0 Å². The minimum absolute atomic E-state index is 0.668. The van der Waals surface area contributed by atoms with Crippen molar-refractivity contribution in [2.75, 3.05) is 6.54 Å². The van der Waals surface area contributed by atoms with Gasteiger partial charge >= 0.3 is 0 Å². The van der Waals surface area contributed by atoms with Crippen molar-refractivity contribution in [3.05, 3.63) is 21.3 Å². The smallest absolute Gasteiger partial charge is 0.148 e. The van der Waals surface area contributed by atoms with Gasteiger partial charge in [-0.1, -0.05) is 25.2 Å². The Morgan fingerprint density at radius 2 is 2.12 bits per heavy atom. The van der Waals surface area contributed by atoms with Gasteiger partial charge in [-0.3, -0.25) is 0 Å². The van der Waals surface area contributed by atoms with Crippen LogP contribution in [0.15, 0.2) is 10.8 Å². The van der Waals surface area contributed by atoms with E-state index in [-0.39, 0.29) is 0 Å². The number of rotatable bonds is 5. The topological polar surface area (TPSA) is 37.8 Å². The number of nitrogens with zero attached hydrogens (tertiary/aromatic N) is 2. The van der Waals surface area contributed by atoms with Gasteiger partial charge in [0, 0.05) is 17.5 Å². The van der Waals surface area contributed by atoms with E-state index >= 15 is 0 Å². The molecule has 17 heavy (non-hydrogen) atoms. The van der Waals surface area contributed by atoms with Crippen LogP contribution in [0.25, 0.3) is 10.6 Å². The Hall–Kier alpha value is -0.780. The molecule has 0 atom stereocenters. The number of aromatic nitrogens is 2. The maximum atomic E-state index is 4.25. The molecule has 1 N–H and O–H groups in total. The van der Waals surface area contributed by atoms with Crippen molar-refractivity contribution in [2.45, 2.75) is 27.3 Å². The Morgan fingerprint density at radius 3 is 2.76 bits per heavy atom. The van der Waals surface area contributed by atoms with Crippen LogP contribution < -0.4 is 5.32 Å². The van der Waals surface area contributed by atoms with Crippen LogP contribution in [0.3, 0.4) is 0 Å². The molecule has 0 spiro atoms. The first kappa shape index (κ1) is 12.7. The summed E-state index contributed by atoms with van der Waals surface area (Å²) in [5.74, 6) is 0.668. The van der Waals surface area contributed by atoms with Gasteiger partial charge in [0.15, 0.2) is 0 Å². The van der Waals surface area contributed by atoms with Gasteiger partial charge in [-0.25, -0.2) is 0 Å². The Bertz CT molecular complexity index is 474. The van der Waals surface area contributed by atoms with Gasteiger partial charge in [0.05, 0.1) is 0 Å².